The maximum Gasteiger partial charge on any atom is 0.0947 e. The van der Waals surface area contributed by atoms with Crippen LogP contribution in [0.25, 0.3) is 0 Å². The summed E-state index contributed by atoms with van der Waals surface area (Å²) in [6.45, 7) is 1.84. The molecule has 0 radical (unpaired) electrons. The second-order valence-corrected chi connectivity index (χ2v) is 3.04. The number of rotatable bonds is 3. The lowest BCUT2D eigenvalue weighted by molar-refractivity contribution is 0.650. The number of hydrogen-bond donors (Lipinski definition) is 1. The molecule has 0 aromatic carbocycles. The highest BCUT2D eigenvalue weighted by atomic mass is 15.0. The van der Waals surface area contributed by atoms with Crippen molar-refractivity contribution in [2.24, 2.45) is 12.8 Å². The smallest absolute Gasteiger partial charge is 0.0947 e. The molecule has 0 bridgehead atoms. The van der Waals surface area contributed by atoms with Crippen molar-refractivity contribution in [2.45, 2.75) is 25.8 Å². The van der Waals surface area contributed by atoms with Gasteiger partial charge < -0.3 is 10.3 Å². The molecular weight excluding hydrogens is 162 g/mol. The lowest BCUT2D eigenvalue weighted by Crippen LogP contribution is -2.10. The molecule has 0 saturated carbocycles. The average Bonchev–Trinajstić information content (AvgIpc) is 2.52. The summed E-state index contributed by atoms with van der Waals surface area (Å²) >= 11 is 0. The van der Waals surface area contributed by atoms with Gasteiger partial charge in [0, 0.05) is 25.7 Å². The van der Waals surface area contributed by atoms with Gasteiger partial charge in [-0.3, -0.25) is 0 Å². The summed E-state index contributed by atoms with van der Waals surface area (Å²) in [5.41, 5.74) is 6.85. The highest BCUT2D eigenvalue weighted by molar-refractivity contribution is 5.04. The molecule has 0 aliphatic heterocycles. The maximum absolute atomic E-state index is 5.91. The fourth-order valence-electron chi connectivity index (χ4n) is 1.13. The van der Waals surface area contributed by atoms with E-state index >= 15 is 0 Å². The molecule has 3 nitrogen and oxygen atoms in total. The number of nitrogens with two attached hydrogens (primary N) is 1. The van der Waals surface area contributed by atoms with Crippen LogP contribution in [0.4, 0.5) is 0 Å². The van der Waals surface area contributed by atoms with E-state index in [0.717, 1.165) is 18.5 Å². The third kappa shape index (κ3) is 2.92. The van der Waals surface area contributed by atoms with Crippen LogP contribution in [0.5, 0.6) is 0 Å². The molecule has 0 fully saturated rings. The molecule has 1 aromatic heterocycles. The van der Waals surface area contributed by atoms with Gasteiger partial charge in [0.2, 0.25) is 0 Å². The molecule has 70 valence electrons. The van der Waals surface area contributed by atoms with Gasteiger partial charge in [0.25, 0.3) is 0 Å². The summed E-state index contributed by atoms with van der Waals surface area (Å²) in [7, 11) is 1.94. The van der Waals surface area contributed by atoms with E-state index in [4.69, 9.17) is 5.73 Å². The fraction of sp³-hybridized carbons (Fsp3) is 0.500. The SMILES string of the molecule is CC#CCCC(N)c1cn(C)cn1. The molecule has 1 atom stereocenters. The van der Waals surface area contributed by atoms with Gasteiger partial charge in [-0.15, -0.1) is 11.8 Å². The van der Waals surface area contributed by atoms with Gasteiger partial charge in [-0.05, 0) is 13.3 Å². The van der Waals surface area contributed by atoms with Crippen LogP contribution in [0.3, 0.4) is 0 Å². The van der Waals surface area contributed by atoms with Crippen LogP contribution >= 0.6 is 0 Å². The molecule has 0 aliphatic rings. The van der Waals surface area contributed by atoms with Crippen LogP contribution in [0.15, 0.2) is 12.5 Å². The Hall–Kier alpha value is -1.27. The van der Waals surface area contributed by atoms with E-state index in [1.165, 1.54) is 0 Å². The molecule has 1 unspecified atom stereocenters. The largest absolute Gasteiger partial charge is 0.340 e. The van der Waals surface area contributed by atoms with Gasteiger partial charge in [-0.2, -0.15) is 0 Å². The van der Waals surface area contributed by atoms with Crippen molar-refractivity contribution in [3.63, 3.8) is 0 Å². The summed E-state index contributed by atoms with van der Waals surface area (Å²) in [6, 6.07) is 0.0158. The first-order valence-corrected chi connectivity index (χ1v) is 4.37. The Kier molecular flexibility index (Phi) is 3.53. The minimum Gasteiger partial charge on any atom is -0.340 e. The zero-order chi connectivity index (χ0) is 9.68. The fourth-order valence-corrected chi connectivity index (χ4v) is 1.13. The predicted molar refractivity (Wildman–Crippen MR) is 52.8 cm³/mol. The minimum absolute atomic E-state index is 0.0158. The van der Waals surface area contributed by atoms with E-state index in [0.29, 0.717) is 0 Å². The van der Waals surface area contributed by atoms with Crippen LogP contribution in [-0.2, 0) is 7.05 Å². The third-order valence-corrected chi connectivity index (χ3v) is 1.86. The highest BCUT2D eigenvalue weighted by Gasteiger charge is 2.06. The van der Waals surface area contributed by atoms with Gasteiger partial charge in [0.15, 0.2) is 0 Å². The van der Waals surface area contributed by atoms with Crippen LogP contribution in [0, 0.1) is 11.8 Å². The highest BCUT2D eigenvalue weighted by Crippen LogP contribution is 2.12. The number of aromatic nitrogens is 2. The molecule has 13 heavy (non-hydrogen) atoms. The molecule has 1 rings (SSSR count). The Morgan fingerprint density at radius 3 is 3.00 bits per heavy atom. The molecule has 1 aromatic rings. The van der Waals surface area contributed by atoms with Crippen LogP contribution in [0.1, 0.15) is 31.5 Å². The van der Waals surface area contributed by atoms with Crippen LogP contribution in [-0.4, -0.2) is 9.55 Å². The van der Waals surface area contributed by atoms with Crippen molar-refractivity contribution >= 4 is 0 Å². The van der Waals surface area contributed by atoms with E-state index in [-0.39, 0.29) is 6.04 Å². The molecule has 2 N–H and O–H groups in total. The Morgan fingerprint density at radius 1 is 1.69 bits per heavy atom. The molecule has 3 heteroatoms. The van der Waals surface area contributed by atoms with Crippen molar-refractivity contribution < 1.29 is 0 Å². The Labute approximate surface area is 79.0 Å². The Bertz CT molecular complexity index is 316. The third-order valence-electron chi connectivity index (χ3n) is 1.86. The van der Waals surface area contributed by atoms with Crippen molar-refractivity contribution in [3.05, 3.63) is 18.2 Å². The summed E-state index contributed by atoms with van der Waals surface area (Å²) in [6.07, 6.45) is 5.43. The molecule has 0 spiro atoms. The van der Waals surface area contributed by atoms with Gasteiger partial charge in [-0.25, -0.2) is 4.98 Å². The molecule has 0 amide bonds. The Morgan fingerprint density at radius 2 is 2.46 bits per heavy atom. The summed E-state index contributed by atoms with van der Waals surface area (Å²) in [5, 5.41) is 0. The summed E-state index contributed by atoms with van der Waals surface area (Å²) in [4.78, 5) is 4.18. The number of hydrogen-bond acceptors (Lipinski definition) is 2. The van der Waals surface area contributed by atoms with E-state index < -0.39 is 0 Å². The molecule has 0 aliphatic carbocycles. The zero-order valence-corrected chi connectivity index (χ0v) is 8.12. The van der Waals surface area contributed by atoms with Gasteiger partial charge >= 0.3 is 0 Å². The number of aryl methyl sites for hydroxylation is 1. The van der Waals surface area contributed by atoms with Gasteiger partial charge in [0.1, 0.15) is 0 Å². The van der Waals surface area contributed by atoms with Crippen LogP contribution < -0.4 is 5.73 Å². The second kappa shape index (κ2) is 4.68. The number of imidazole rings is 1. The second-order valence-electron chi connectivity index (χ2n) is 3.04. The van der Waals surface area contributed by atoms with Crippen molar-refractivity contribution in [3.8, 4) is 11.8 Å². The first-order chi connectivity index (χ1) is 6.24. The zero-order valence-electron chi connectivity index (χ0n) is 8.12. The van der Waals surface area contributed by atoms with E-state index in [1.807, 2.05) is 24.7 Å². The predicted octanol–water partition coefficient (Wildman–Crippen LogP) is 1.22. The quantitative estimate of drug-likeness (QED) is 0.705. The van der Waals surface area contributed by atoms with Crippen molar-refractivity contribution in [1.82, 2.24) is 9.55 Å². The molecule has 1 heterocycles. The van der Waals surface area contributed by atoms with Gasteiger partial charge in [-0.1, -0.05) is 0 Å². The van der Waals surface area contributed by atoms with E-state index in [2.05, 4.69) is 16.8 Å². The van der Waals surface area contributed by atoms with Crippen LogP contribution in [0.2, 0.25) is 0 Å². The molecular formula is C10H15N3. The number of nitrogens with zero attached hydrogens (tertiary/aromatic N) is 2. The lowest BCUT2D eigenvalue weighted by atomic mass is 10.1. The first kappa shape index (κ1) is 9.82. The molecule has 0 saturated heterocycles. The summed E-state index contributed by atoms with van der Waals surface area (Å²) < 4.78 is 1.90. The monoisotopic (exact) mass is 177 g/mol. The lowest BCUT2D eigenvalue weighted by Gasteiger charge is -2.04. The standard InChI is InChI=1S/C10H15N3/c1-3-4-5-6-9(11)10-7-13(2)8-12-10/h7-9H,5-6,11H2,1-2H3. The Balaban J connectivity index is 2.47. The van der Waals surface area contributed by atoms with Gasteiger partial charge in [0.05, 0.1) is 12.0 Å². The normalized spacial score (nSPS) is 11.9. The van der Waals surface area contributed by atoms with Crippen molar-refractivity contribution in [2.75, 3.05) is 0 Å². The van der Waals surface area contributed by atoms with E-state index in [9.17, 15) is 0 Å². The topological polar surface area (TPSA) is 43.8 Å². The minimum atomic E-state index is 0.0158. The maximum atomic E-state index is 5.91. The van der Waals surface area contributed by atoms with Crippen molar-refractivity contribution in [1.29, 1.82) is 0 Å². The van der Waals surface area contributed by atoms with E-state index in [1.54, 1.807) is 6.33 Å². The summed E-state index contributed by atoms with van der Waals surface area (Å²) in [5.74, 6) is 5.84. The first-order valence-electron chi connectivity index (χ1n) is 4.37. The average molecular weight is 177 g/mol.